The second-order valence-corrected chi connectivity index (χ2v) is 4.82. The van der Waals surface area contributed by atoms with Crippen molar-refractivity contribution in [1.82, 2.24) is 20.6 Å². The van der Waals surface area contributed by atoms with Crippen molar-refractivity contribution < 1.29 is 0 Å². The summed E-state index contributed by atoms with van der Waals surface area (Å²) < 4.78 is 0. The lowest BCUT2D eigenvalue weighted by molar-refractivity contribution is 0.881. The van der Waals surface area contributed by atoms with E-state index in [4.69, 9.17) is 10.5 Å². The number of allylic oxidation sites excluding steroid dienone is 1. The quantitative estimate of drug-likeness (QED) is 0.822. The summed E-state index contributed by atoms with van der Waals surface area (Å²) in [5.74, 6) is 0.239. The highest BCUT2D eigenvalue weighted by Gasteiger charge is 2.44. The van der Waals surface area contributed by atoms with Crippen LogP contribution < -0.4 is 5.32 Å². The Labute approximate surface area is 120 Å². The molecule has 1 saturated carbocycles. The van der Waals surface area contributed by atoms with Crippen LogP contribution in [0.5, 0.6) is 0 Å². The van der Waals surface area contributed by atoms with Crippen LogP contribution >= 0.6 is 0 Å². The number of hydrogen-bond donors (Lipinski definition) is 2. The third kappa shape index (κ3) is 2.45. The van der Waals surface area contributed by atoms with Crippen LogP contribution in [0.15, 0.2) is 30.5 Å². The van der Waals surface area contributed by atoms with Crippen molar-refractivity contribution in [3.63, 3.8) is 0 Å². The highest BCUT2D eigenvalue weighted by atomic mass is 15.5. The predicted molar refractivity (Wildman–Crippen MR) is 74.4 cm³/mol. The number of H-pyrrole nitrogens is 1. The molecular formula is C14H11N7. The zero-order valence-corrected chi connectivity index (χ0v) is 11.0. The minimum absolute atomic E-state index is 0.239. The number of nitrogens with one attached hydrogen (secondary N) is 2. The van der Waals surface area contributed by atoms with E-state index in [9.17, 15) is 0 Å². The first-order valence-corrected chi connectivity index (χ1v) is 6.40. The number of benzene rings is 1. The van der Waals surface area contributed by atoms with E-state index in [0.29, 0.717) is 0 Å². The van der Waals surface area contributed by atoms with Crippen LogP contribution in [0.1, 0.15) is 24.2 Å². The highest BCUT2D eigenvalue weighted by molar-refractivity contribution is 5.74. The Morgan fingerprint density at radius 1 is 1.29 bits per heavy atom. The number of rotatable bonds is 4. The lowest BCUT2D eigenvalue weighted by Crippen LogP contribution is -2.02. The summed E-state index contributed by atoms with van der Waals surface area (Å²) in [5.41, 5.74) is 1.86. The fourth-order valence-electron chi connectivity index (χ4n) is 2.05. The molecule has 0 amide bonds. The van der Waals surface area contributed by atoms with Crippen molar-refractivity contribution in [2.75, 3.05) is 5.32 Å². The number of nitrogens with zero attached hydrogens (tertiary/aromatic N) is 5. The molecule has 0 atom stereocenters. The maximum Gasteiger partial charge on any atom is 0.216 e. The summed E-state index contributed by atoms with van der Waals surface area (Å²) in [6.07, 6.45) is 3.37. The first-order valence-electron chi connectivity index (χ1n) is 6.40. The smallest absolute Gasteiger partial charge is 0.216 e. The fraction of sp³-hybridized carbons (Fsp3) is 0.214. The molecule has 0 aliphatic heterocycles. The molecule has 3 rings (SSSR count). The molecular weight excluding hydrogens is 266 g/mol. The Bertz CT molecular complexity index is 740. The largest absolute Gasteiger partial charge is 0.360 e. The number of aromatic amines is 1. The molecule has 0 spiro atoms. The minimum Gasteiger partial charge on any atom is -0.360 e. The molecule has 0 bridgehead atoms. The zero-order chi connectivity index (χ0) is 14.7. The topological polar surface area (TPSA) is 114 Å². The summed E-state index contributed by atoms with van der Waals surface area (Å²) in [6, 6.07) is 12.0. The Kier molecular flexibility index (Phi) is 3.09. The van der Waals surface area contributed by atoms with Gasteiger partial charge in [-0.1, -0.05) is 12.1 Å². The van der Waals surface area contributed by atoms with Crippen LogP contribution in [0.4, 0.5) is 5.69 Å². The van der Waals surface area contributed by atoms with Gasteiger partial charge in [-0.05, 0) is 35.8 Å². The van der Waals surface area contributed by atoms with Gasteiger partial charge in [0.05, 0.1) is 11.5 Å². The van der Waals surface area contributed by atoms with Crippen LogP contribution in [0.2, 0.25) is 0 Å². The van der Waals surface area contributed by atoms with Crippen molar-refractivity contribution in [3.8, 4) is 12.1 Å². The van der Waals surface area contributed by atoms with Gasteiger partial charge in [0, 0.05) is 11.9 Å². The van der Waals surface area contributed by atoms with Crippen molar-refractivity contribution in [3.05, 3.63) is 41.9 Å². The lowest BCUT2D eigenvalue weighted by Gasteiger charge is -2.07. The molecule has 7 nitrogen and oxygen atoms in total. The molecule has 102 valence electrons. The van der Waals surface area contributed by atoms with E-state index in [2.05, 4.69) is 32.0 Å². The molecule has 1 aromatic heterocycles. The average molecular weight is 277 g/mol. The molecule has 2 aromatic rings. The third-order valence-corrected chi connectivity index (χ3v) is 3.49. The van der Waals surface area contributed by atoms with E-state index >= 15 is 0 Å². The van der Waals surface area contributed by atoms with Crippen LogP contribution in [0, 0.1) is 22.7 Å². The van der Waals surface area contributed by atoms with Gasteiger partial charge in [-0.15, -0.1) is 10.2 Å². The van der Waals surface area contributed by atoms with E-state index in [0.717, 1.165) is 24.1 Å². The highest BCUT2D eigenvalue weighted by Crippen LogP contribution is 2.47. The van der Waals surface area contributed by atoms with Gasteiger partial charge in [-0.25, -0.2) is 0 Å². The molecule has 1 aromatic carbocycles. The van der Waals surface area contributed by atoms with Crippen molar-refractivity contribution in [2.24, 2.45) is 0 Å². The van der Waals surface area contributed by atoms with Gasteiger partial charge >= 0.3 is 0 Å². The van der Waals surface area contributed by atoms with Crippen LogP contribution in [-0.2, 0) is 5.41 Å². The van der Waals surface area contributed by atoms with Crippen LogP contribution in [0.3, 0.4) is 0 Å². The van der Waals surface area contributed by atoms with Gasteiger partial charge in [0.2, 0.25) is 5.82 Å². The van der Waals surface area contributed by atoms with E-state index in [1.54, 1.807) is 0 Å². The molecule has 1 aliphatic carbocycles. The maximum absolute atomic E-state index is 9.16. The minimum atomic E-state index is -0.281. The monoisotopic (exact) mass is 277 g/mol. The Morgan fingerprint density at radius 3 is 2.57 bits per heavy atom. The molecule has 2 N–H and O–H groups in total. The van der Waals surface area contributed by atoms with E-state index in [1.807, 2.05) is 30.3 Å². The standard InChI is InChI=1S/C14H11N7/c15-7-10(13-18-20-21-19-13)8-17-12-3-1-11(2-4-12)14(9-16)5-6-14/h1-4,8,17H,5-6H2,(H,18,19,20,21). The van der Waals surface area contributed by atoms with Gasteiger partial charge in [0.15, 0.2) is 0 Å². The summed E-state index contributed by atoms with van der Waals surface area (Å²) in [4.78, 5) is 0. The SMILES string of the molecule is N#CC(=CNc1ccc(C2(C#N)CC2)cc1)c1nn[nH]n1. The number of aromatic nitrogens is 4. The van der Waals surface area contributed by atoms with Gasteiger partial charge in [-0.2, -0.15) is 15.7 Å². The summed E-state index contributed by atoms with van der Waals surface area (Å²) in [7, 11) is 0. The van der Waals surface area contributed by atoms with Gasteiger partial charge in [-0.3, -0.25) is 0 Å². The lowest BCUT2D eigenvalue weighted by atomic mass is 9.98. The van der Waals surface area contributed by atoms with Gasteiger partial charge < -0.3 is 5.32 Å². The summed E-state index contributed by atoms with van der Waals surface area (Å²) in [5, 5.41) is 34.4. The first kappa shape index (κ1) is 12.8. The second-order valence-electron chi connectivity index (χ2n) is 4.82. The normalized spacial score (nSPS) is 15.8. The molecule has 0 radical (unpaired) electrons. The molecule has 7 heteroatoms. The van der Waals surface area contributed by atoms with Crippen molar-refractivity contribution in [1.29, 1.82) is 10.5 Å². The number of tetrazole rings is 1. The Balaban J connectivity index is 1.74. The summed E-state index contributed by atoms with van der Waals surface area (Å²) >= 11 is 0. The molecule has 1 heterocycles. The first-order chi connectivity index (χ1) is 10.3. The predicted octanol–water partition coefficient (Wildman–Crippen LogP) is 1.73. The number of anilines is 1. The van der Waals surface area contributed by atoms with Gasteiger partial charge in [0.25, 0.3) is 0 Å². The maximum atomic E-state index is 9.16. The fourth-order valence-corrected chi connectivity index (χ4v) is 2.05. The number of hydrogen-bond acceptors (Lipinski definition) is 6. The zero-order valence-electron chi connectivity index (χ0n) is 11.0. The average Bonchev–Trinajstić information content (AvgIpc) is 3.15. The van der Waals surface area contributed by atoms with Crippen molar-refractivity contribution in [2.45, 2.75) is 18.3 Å². The van der Waals surface area contributed by atoms with Crippen molar-refractivity contribution >= 4 is 11.3 Å². The van der Waals surface area contributed by atoms with E-state index < -0.39 is 0 Å². The second kappa shape index (κ2) is 5.06. The third-order valence-electron chi connectivity index (χ3n) is 3.49. The molecule has 21 heavy (non-hydrogen) atoms. The summed E-state index contributed by atoms with van der Waals surface area (Å²) in [6.45, 7) is 0. The number of nitriles is 2. The van der Waals surface area contributed by atoms with Gasteiger partial charge in [0.1, 0.15) is 11.6 Å². The molecule has 0 unspecified atom stereocenters. The molecule has 1 fully saturated rings. The van der Waals surface area contributed by atoms with E-state index in [1.165, 1.54) is 6.20 Å². The van der Waals surface area contributed by atoms with Crippen LogP contribution in [0.25, 0.3) is 5.57 Å². The van der Waals surface area contributed by atoms with E-state index in [-0.39, 0.29) is 16.8 Å². The molecule has 0 saturated heterocycles. The Morgan fingerprint density at radius 2 is 2.05 bits per heavy atom. The Hall–Kier alpha value is -3.19. The molecule has 1 aliphatic rings. The van der Waals surface area contributed by atoms with Crippen LogP contribution in [-0.4, -0.2) is 20.6 Å².